The van der Waals surface area contributed by atoms with E-state index < -0.39 is 97.5 Å². The second-order valence-electron chi connectivity index (χ2n) is 26.6. The van der Waals surface area contributed by atoms with Gasteiger partial charge in [0.2, 0.25) is 0 Å². The van der Waals surface area contributed by atoms with Crippen LogP contribution in [0.5, 0.6) is 0 Å². The second kappa shape index (κ2) is 73.5. The van der Waals surface area contributed by atoms with E-state index in [-0.39, 0.29) is 25.7 Å². The molecule has 0 spiro atoms. The number of aliphatic hydroxyl groups is 1. The lowest BCUT2D eigenvalue weighted by atomic mass is 10.1. The molecule has 0 aliphatic heterocycles. The van der Waals surface area contributed by atoms with Gasteiger partial charge in [-0.25, -0.2) is 9.13 Å². The molecule has 0 saturated heterocycles. The first-order chi connectivity index (χ1) is 48.7. The number of phosphoric acid groups is 2. The van der Waals surface area contributed by atoms with Gasteiger partial charge in [0.05, 0.1) is 26.4 Å². The number of hydrogen-bond acceptors (Lipinski definition) is 15. The molecule has 100 heavy (non-hydrogen) atoms. The van der Waals surface area contributed by atoms with Crippen molar-refractivity contribution in [1.82, 2.24) is 0 Å². The van der Waals surface area contributed by atoms with Crippen LogP contribution in [0.25, 0.3) is 0 Å². The summed E-state index contributed by atoms with van der Waals surface area (Å²) in [5.74, 6) is -2.24. The summed E-state index contributed by atoms with van der Waals surface area (Å²) in [4.78, 5) is 72.9. The highest BCUT2D eigenvalue weighted by Gasteiger charge is 2.30. The lowest BCUT2D eigenvalue weighted by molar-refractivity contribution is -0.161. The second-order valence-corrected chi connectivity index (χ2v) is 29.5. The Labute approximate surface area is 608 Å². The molecular formula is C81H144O17P2. The number of phosphoric ester groups is 2. The lowest BCUT2D eigenvalue weighted by Crippen LogP contribution is -2.30. The quantitative estimate of drug-likeness (QED) is 0.0169. The van der Waals surface area contributed by atoms with Crippen LogP contribution in [0.2, 0.25) is 0 Å². The van der Waals surface area contributed by atoms with Crippen LogP contribution < -0.4 is 0 Å². The van der Waals surface area contributed by atoms with Crippen molar-refractivity contribution in [2.45, 2.75) is 367 Å². The van der Waals surface area contributed by atoms with Crippen molar-refractivity contribution in [1.29, 1.82) is 0 Å². The smallest absolute Gasteiger partial charge is 0.462 e. The van der Waals surface area contributed by atoms with Crippen LogP contribution in [0.1, 0.15) is 349 Å². The Morgan fingerprint density at radius 2 is 0.500 bits per heavy atom. The van der Waals surface area contributed by atoms with Gasteiger partial charge in [-0.1, -0.05) is 267 Å². The first kappa shape index (κ1) is 96.2. The van der Waals surface area contributed by atoms with Crippen LogP contribution in [0.3, 0.4) is 0 Å². The summed E-state index contributed by atoms with van der Waals surface area (Å²) in [6, 6.07) is 0. The number of esters is 4. The average Bonchev–Trinajstić information content (AvgIpc) is 0.962. The number of carbonyl (C=O) groups excluding carboxylic acids is 4. The molecule has 2 unspecified atom stereocenters. The molecule has 0 fully saturated rings. The van der Waals surface area contributed by atoms with Gasteiger partial charge < -0.3 is 33.8 Å². The highest BCUT2D eigenvalue weighted by molar-refractivity contribution is 7.47. The summed E-state index contributed by atoms with van der Waals surface area (Å²) in [5, 5.41) is 10.6. The topological polar surface area (TPSA) is 237 Å². The summed E-state index contributed by atoms with van der Waals surface area (Å²) in [7, 11) is -9.97. The minimum absolute atomic E-state index is 0.0197. The van der Waals surface area contributed by atoms with Gasteiger partial charge in [-0.05, 0) is 141 Å². The zero-order valence-corrected chi connectivity index (χ0v) is 65.2. The van der Waals surface area contributed by atoms with E-state index in [1.807, 2.05) is 12.2 Å². The Bertz CT molecular complexity index is 2230. The van der Waals surface area contributed by atoms with E-state index in [9.17, 15) is 43.2 Å². The lowest BCUT2D eigenvalue weighted by Gasteiger charge is -2.21. The number of hydrogen-bond donors (Lipinski definition) is 3. The van der Waals surface area contributed by atoms with Crippen molar-refractivity contribution in [2.24, 2.45) is 0 Å². The number of unbranched alkanes of at least 4 members (excludes halogenated alkanes) is 35. The minimum atomic E-state index is -4.99. The van der Waals surface area contributed by atoms with E-state index in [4.69, 9.17) is 37.0 Å². The molecule has 0 amide bonds. The van der Waals surface area contributed by atoms with Crippen molar-refractivity contribution >= 4 is 39.5 Å². The third-order valence-electron chi connectivity index (χ3n) is 16.8. The zero-order valence-electron chi connectivity index (χ0n) is 63.4. The van der Waals surface area contributed by atoms with Gasteiger partial charge in [0.15, 0.2) is 12.2 Å². The molecule has 580 valence electrons. The summed E-state index contributed by atoms with van der Waals surface area (Å²) in [6.45, 7) is 4.77. The van der Waals surface area contributed by atoms with Crippen molar-refractivity contribution in [3.05, 3.63) is 85.1 Å². The van der Waals surface area contributed by atoms with E-state index in [1.165, 1.54) is 122 Å². The van der Waals surface area contributed by atoms with Crippen molar-refractivity contribution in [3.63, 3.8) is 0 Å². The number of ether oxygens (including phenoxy) is 4. The fourth-order valence-electron chi connectivity index (χ4n) is 10.7. The van der Waals surface area contributed by atoms with Gasteiger partial charge in [0.25, 0.3) is 0 Å². The van der Waals surface area contributed by atoms with Crippen molar-refractivity contribution < 1.29 is 80.2 Å². The molecule has 0 saturated carbocycles. The Morgan fingerprint density at radius 3 is 0.830 bits per heavy atom. The van der Waals surface area contributed by atoms with Gasteiger partial charge in [-0.15, -0.1) is 0 Å². The molecule has 0 bridgehead atoms. The van der Waals surface area contributed by atoms with Crippen LogP contribution >= 0.6 is 15.6 Å². The van der Waals surface area contributed by atoms with E-state index in [2.05, 4.69) is 101 Å². The van der Waals surface area contributed by atoms with Gasteiger partial charge in [-0.2, -0.15) is 0 Å². The molecule has 5 atom stereocenters. The molecular weight excluding hydrogens is 1310 g/mol. The van der Waals surface area contributed by atoms with Crippen LogP contribution in [0, 0.1) is 0 Å². The van der Waals surface area contributed by atoms with Crippen molar-refractivity contribution in [3.8, 4) is 0 Å². The SMILES string of the molecule is CCCCC/C=C\C/C=C\C/C=C\C/C=C\CCCC(=O)O[C@H](COC(=O)CCCCCCCCC/C=C\CCCCCC)COP(=O)(O)OC[C@H](O)COP(=O)(O)OC[C@@H](COC(=O)CCCCCCC/C=C\CCCCCCCC)OC(=O)CCCCCCC/C=C\CCCCCC. The maximum atomic E-state index is 13.1. The number of allylic oxidation sites excluding steroid dienone is 14. The summed E-state index contributed by atoms with van der Waals surface area (Å²) in [6.07, 6.45) is 75.7. The molecule has 0 aromatic heterocycles. The third-order valence-corrected chi connectivity index (χ3v) is 18.7. The van der Waals surface area contributed by atoms with Crippen LogP contribution in [0.4, 0.5) is 0 Å². The molecule has 0 rings (SSSR count). The molecule has 0 aromatic carbocycles. The maximum Gasteiger partial charge on any atom is 0.472 e. The Balaban J connectivity index is 5.40. The zero-order chi connectivity index (χ0) is 73.2. The normalized spacial score (nSPS) is 14.3. The monoisotopic (exact) mass is 1450 g/mol. The number of rotatable bonds is 75. The Kier molecular flexibility index (Phi) is 70.8. The Morgan fingerprint density at radius 1 is 0.280 bits per heavy atom. The molecule has 0 aromatic rings. The number of carbonyl (C=O) groups is 4. The predicted octanol–water partition coefficient (Wildman–Crippen LogP) is 23.0. The van der Waals surface area contributed by atoms with E-state index in [0.29, 0.717) is 32.1 Å². The molecule has 17 nitrogen and oxygen atoms in total. The largest absolute Gasteiger partial charge is 0.472 e. The van der Waals surface area contributed by atoms with Crippen molar-refractivity contribution in [2.75, 3.05) is 39.6 Å². The first-order valence-corrected chi connectivity index (χ1v) is 42.8. The van der Waals surface area contributed by atoms with E-state index in [0.717, 1.165) is 141 Å². The minimum Gasteiger partial charge on any atom is -0.462 e. The van der Waals surface area contributed by atoms with Crippen LogP contribution in [-0.2, 0) is 65.4 Å². The number of aliphatic hydroxyl groups excluding tert-OH is 1. The predicted molar refractivity (Wildman–Crippen MR) is 409 cm³/mol. The molecule has 19 heteroatoms. The van der Waals surface area contributed by atoms with Crippen LogP contribution in [-0.4, -0.2) is 96.7 Å². The summed E-state index contributed by atoms with van der Waals surface area (Å²) < 4.78 is 68.5. The first-order valence-electron chi connectivity index (χ1n) is 39.8. The standard InChI is InChI=1S/C81H144O17P2/c1-5-9-13-17-21-25-29-33-36-37-40-44-48-52-56-60-64-68-81(86)98-77(72-92-79(84)66-62-58-54-50-46-43-39-35-31-27-23-19-15-11-7-3)74-96-100(89,90)94-70-75(82)69-93-99(87,88)95-73-76(97-80(85)67-63-59-55-51-47-41-32-28-24-20-16-12-8-4)71-91-78(83)65-61-57-53-49-45-42-38-34-30-26-22-18-14-10-6-2/h21,25,27-28,31-34,36,38,40,44,52,56,75-77,82H,5-20,22-24,26,29-30,35,37,39,41-43,45-51,53-55,57-74H2,1-4H3,(H,87,88)(H,89,90)/b25-21-,31-27-,32-28-,36-33-,38-34-,44-40-,56-52-/t75-,76-,77-/m1/s1. The fraction of sp³-hybridized carbons (Fsp3) is 0.778. The summed E-state index contributed by atoms with van der Waals surface area (Å²) in [5.41, 5.74) is 0. The molecule has 3 N–H and O–H groups in total. The van der Waals surface area contributed by atoms with Gasteiger partial charge in [-0.3, -0.25) is 37.3 Å². The fourth-order valence-corrected chi connectivity index (χ4v) is 12.2. The molecule has 0 aliphatic carbocycles. The van der Waals surface area contributed by atoms with Gasteiger partial charge >= 0.3 is 39.5 Å². The highest BCUT2D eigenvalue weighted by Crippen LogP contribution is 2.45. The van der Waals surface area contributed by atoms with Gasteiger partial charge in [0, 0.05) is 25.7 Å². The molecule has 0 aliphatic rings. The third kappa shape index (κ3) is 72.6. The Hall–Kier alpha value is -3.76. The van der Waals surface area contributed by atoms with E-state index >= 15 is 0 Å². The maximum absolute atomic E-state index is 13.1. The van der Waals surface area contributed by atoms with E-state index in [1.54, 1.807) is 0 Å². The molecule has 0 heterocycles. The molecule has 0 radical (unpaired) electrons. The highest BCUT2D eigenvalue weighted by atomic mass is 31.2. The summed E-state index contributed by atoms with van der Waals surface area (Å²) >= 11 is 0. The van der Waals surface area contributed by atoms with Crippen LogP contribution in [0.15, 0.2) is 85.1 Å². The van der Waals surface area contributed by atoms with Gasteiger partial charge in [0.1, 0.15) is 19.3 Å². The average molecular weight is 1450 g/mol.